The van der Waals surface area contributed by atoms with E-state index >= 15 is 0 Å². The minimum Gasteiger partial charge on any atom is -0.356 e. The van der Waals surface area contributed by atoms with Crippen molar-refractivity contribution in [1.29, 1.82) is 0 Å². The summed E-state index contributed by atoms with van der Waals surface area (Å²) < 4.78 is 0. The number of halogens is 1. The fourth-order valence-electron chi connectivity index (χ4n) is 2.13. The quantitative estimate of drug-likeness (QED) is 0.845. The number of anilines is 1. The van der Waals surface area contributed by atoms with Gasteiger partial charge in [0, 0.05) is 25.4 Å². The molecular weight excluding hydrogens is 278 g/mol. The molecule has 0 spiro atoms. The number of hydrogen-bond acceptors (Lipinski definition) is 4. The minimum absolute atomic E-state index is 0.753. The maximum Gasteiger partial charge on any atom is 0.128 e. The smallest absolute Gasteiger partial charge is 0.128 e. The highest BCUT2D eigenvalue weighted by molar-refractivity contribution is 7.99. The fourth-order valence-corrected chi connectivity index (χ4v) is 3.19. The molecule has 0 aromatic carbocycles. The predicted octanol–water partition coefficient (Wildman–Crippen LogP) is 3.18. The standard InChI is InChI=1S/C14H22ClN3S/c1-2-6-16-11-13-12(15)4-5-14(17-13)18-7-3-9-19-10-8-18/h4-5,16H,2-3,6-11H2,1H3. The highest BCUT2D eigenvalue weighted by Crippen LogP contribution is 2.21. The number of aromatic nitrogens is 1. The Morgan fingerprint density at radius 2 is 2.26 bits per heavy atom. The first-order valence-electron chi connectivity index (χ1n) is 7.00. The van der Waals surface area contributed by atoms with Gasteiger partial charge in [0.2, 0.25) is 0 Å². The first-order chi connectivity index (χ1) is 9.31. The van der Waals surface area contributed by atoms with E-state index in [0.717, 1.165) is 49.1 Å². The van der Waals surface area contributed by atoms with Crippen molar-refractivity contribution in [3.05, 3.63) is 22.8 Å². The molecule has 1 fully saturated rings. The Hall–Kier alpha value is -0.450. The Morgan fingerprint density at radius 3 is 3.11 bits per heavy atom. The first-order valence-corrected chi connectivity index (χ1v) is 8.53. The molecule has 0 atom stereocenters. The molecule has 1 aromatic rings. The number of nitrogens with one attached hydrogen (secondary N) is 1. The summed E-state index contributed by atoms with van der Waals surface area (Å²) in [5.74, 6) is 3.52. The summed E-state index contributed by atoms with van der Waals surface area (Å²) in [7, 11) is 0. The molecule has 0 aliphatic carbocycles. The van der Waals surface area contributed by atoms with E-state index in [2.05, 4.69) is 17.1 Å². The van der Waals surface area contributed by atoms with Gasteiger partial charge in [-0.15, -0.1) is 0 Å². The van der Waals surface area contributed by atoms with E-state index < -0.39 is 0 Å². The van der Waals surface area contributed by atoms with Gasteiger partial charge >= 0.3 is 0 Å². The van der Waals surface area contributed by atoms with Gasteiger partial charge in [0.05, 0.1) is 10.7 Å². The molecule has 5 heteroatoms. The van der Waals surface area contributed by atoms with Crippen molar-refractivity contribution in [3.63, 3.8) is 0 Å². The van der Waals surface area contributed by atoms with Gasteiger partial charge in [-0.05, 0) is 37.3 Å². The molecule has 0 amide bonds. The van der Waals surface area contributed by atoms with E-state index in [0.29, 0.717) is 0 Å². The van der Waals surface area contributed by atoms with E-state index in [9.17, 15) is 0 Å². The van der Waals surface area contributed by atoms with Crippen LogP contribution in [0.3, 0.4) is 0 Å². The number of nitrogens with zero attached hydrogens (tertiary/aromatic N) is 2. The maximum atomic E-state index is 6.22. The van der Waals surface area contributed by atoms with Crippen LogP contribution in [0.5, 0.6) is 0 Å². The summed E-state index contributed by atoms with van der Waals surface area (Å²) >= 11 is 8.25. The monoisotopic (exact) mass is 299 g/mol. The van der Waals surface area contributed by atoms with Crippen LogP contribution in [-0.4, -0.2) is 36.1 Å². The number of thioether (sulfide) groups is 1. The van der Waals surface area contributed by atoms with Crippen LogP contribution < -0.4 is 10.2 Å². The van der Waals surface area contributed by atoms with Gasteiger partial charge in [-0.2, -0.15) is 11.8 Å². The van der Waals surface area contributed by atoms with E-state index in [1.807, 2.05) is 23.9 Å². The normalized spacial score (nSPS) is 16.4. The van der Waals surface area contributed by atoms with Gasteiger partial charge in [0.25, 0.3) is 0 Å². The Bertz CT molecular complexity index is 392. The van der Waals surface area contributed by atoms with Crippen LogP contribution in [0.4, 0.5) is 5.82 Å². The van der Waals surface area contributed by atoms with Crippen LogP contribution in [-0.2, 0) is 6.54 Å². The largest absolute Gasteiger partial charge is 0.356 e. The van der Waals surface area contributed by atoms with Gasteiger partial charge < -0.3 is 10.2 Å². The molecule has 1 saturated heterocycles. The Morgan fingerprint density at radius 1 is 1.37 bits per heavy atom. The molecule has 0 radical (unpaired) electrons. The molecule has 3 nitrogen and oxygen atoms in total. The molecule has 19 heavy (non-hydrogen) atoms. The van der Waals surface area contributed by atoms with Crippen LogP contribution in [0.25, 0.3) is 0 Å². The van der Waals surface area contributed by atoms with Crippen LogP contribution in [0.15, 0.2) is 12.1 Å². The lowest BCUT2D eigenvalue weighted by molar-refractivity contribution is 0.662. The summed E-state index contributed by atoms with van der Waals surface area (Å²) in [4.78, 5) is 7.11. The average Bonchev–Trinajstić information content (AvgIpc) is 2.70. The second kappa shape index (κ2) is 7.98. The van der Waals surface area contributed by atoms with E-state index in [4.69, 9.17) is 16.6 Å². The summed E-state index contributed by atoms with van der Waals surface area (Å²) in [6.45, 7) is 6.10. The van der Waals surface area contributed by atoms with E-state index in [1.165, 1.54) is 17.9 Å². The summed E-state index contributed by atoms with van der Waals surface area (Å²) in [6.07, 6.45) is 2.36. The van der Waals surface area contributed by atoms with Crippen molar-refractivity contribution in [1.82, 2.24) is 10.3 Å². The molecule has 2 rings (SSSR count). The number of rotatable bonds is 5. The van der Waals surface area contributed by atoms with E-state index in [1.54, 1.807) is 0 Å². The van der Waals surface area contributed by atoms with Gasteiger partial charge in [0.1, 0.15) is 5.82 Å². The lowest BCUT2D eigenvalue weighted by atomic mass is 10.3. The summed E-state index contributed by atoms with van der Waals surface area (Å²) in [5, 5.41) is 4.13. The molecule has 1 aliphatic heterocycles. The second-order valence-corrected chi connectivity index (χ2v) is 6.36. The molecule has 0 bridgehead atoms. The van der Waals surface area contributed by atoms with Crippen molar-refractivity contribution < 1.29 is 0 Å². The summed E-state index contributed by atoms with van der Waals surface area (Å²) in [5.41, 5.74) is 0.963. The van der Waals surface area contributed by atoms with Crippen molar-refractivity contribution >= 4 is 29.2 Å². The Kier molecular flexibility index (Phi) is 6.28. The van der Waals surface area contributed by atoms with Gasteiger partial charge in [-0.1, -0.05) is 18.5 Å². The molecule has 1 aromatic heterocycles. The molecule has 106 valence electrons. The fraction of sp³-hybridized carbons (Fsp3) is 0.643. The van der Waals surface area contributed by atoms with Crippen molar-refractivity contribution in [2.75, 3.05) is 36.0 Å². The number of pyridine rings is 1. The Balaban J connectivity index is 2.05. The van der Waals surface area contributed by atoms with E-state index in [-0.39, 0.29) is 0 Å². The van der Waals surface area contributed by atoms with Gasteiger partial charge in [-0.3, -0.25) is 0 Å². The molecule has 1 N–H and O–H groups in total. The second-order valence-electron chi connectivity index (χ2n) is 4.73. The average molecular weight is 300 g/mol. The minimum atomic E-state index is 0.753. The third kappa shape index (κ3) is 4.55. The zero-order valence-electron chi connectivity index (χ0n) is 11.5. The SMILES string of the molecule is CCCNCc1nc(N2CCCSCC2)ccc1Cl. The molecule has 0 unspecified atom stereocenters. The van der Waals surface area contributed by atoms with Gasteiger partial charge in [-0.25, -0.2) is 4.98 Å². The van der Waals surface area contributed by atoms with Crippen LogP contribution in [0.2, 0.25) is 5.02 Å². The highest BCUT2D eigenvalue weighted by atomic mass is 35.5. The van der Waals surface area contributed by atoms with Crippen LogP contribution >= 0.6 is 23.4 Å². The topological polar surface area (TPSA) is 28.2 Å². The molecule has 1 aliphatic rings. The van der Waals surface area contributed by atoms with Crippen molar-refractivity contribution in [2.45, 2.75) is 26.3 Å². The number of hydrogen-bond donors (Lipinski definition) is 1. The third-order valence-corrected chi connectivity index (χ3v) is 4.56. The first kappa shape index (κ1) is 14.9. The Labute approximate surface area is 125 Å². The molecular formula is C14H22ClN3S. The van der Waals surface area contributed by atoms with Crippen LogP contribution in [0.1, 0.15) is 25.5 Å². The summed E-state index contributed by atoms with van der Waals surface area (Å²) in [6, 6.07) is 4.02. The predicted molar refractivity (Wildman–Crippen MR) is 85.4 cm³/mol. The lowest BCUT2D eigenvalue weighted by Crippen LogP contribution is -2.27. The molecule has 0 saturated carbocycles. The zero-order chi connectivity index (χ0) is 13.5. The highest BCUT2D eigenvalue weighted by Gasteiger charge is 2.13. The van der Waals surface area contributed by atoms with Gasteiger partial charge in [0.15, 0.2) is 0 Å². The van der Waals surface area contributed by atoms with Crippen molar-refractivity contribution in [2.24, 2.45) is 0 Å². The van der Waals surface area contributed by atoms with Crippen LogP contribution in [0, 0.1) is 0 Å². The third-order valence-electron chi connectivity index (χ3n) is 3.17. The zero-order valence-corrected chi connectivity index (χ0v) is 13.1. The maximum absolute atomic E-state index is 6.22. The lowest BCUT2D eigenvalue weighted by Gasteiger charge is -2.22. The molecule has 2 heterocycles. The van der Waals surface area contributed by atoms with Crippen molar-refractivity contribution in [3.8, 4) is 0 Å².